The quantitative estimate of drug-likeness (QED) is 0.284. The lowest BCUT2D eigenvalue weighted by Gasteiger charge is -2.12. The summed E-state index contributed by atoms with van der Waals surface area (Å²) in [6, 6.07) is 10.1. The van der Waals surface area contributed by atoms with E-state index in [1.807, 2.05) is 0 Å². The number of carbonyl (C=O) groups excluding carboxylic acids is 5. The van der Waals surface area contributed by atoms with Crippen LogP contribution in [-0.4, -0.2) is 68.0 Å². The minimum Gasteiger partial charge on any atom is -0.508 e. The number of aromatic hydroxyl groups is 1. The summed E-state index contributed by atoms with van der Waals surface area (Å²) in [7, 11) is 0. The van der Waals surface area contributed by atoms with Crippen LogP contribution in [0, 0.1) is 0 Å². The molecule has 0 saturated heterocycles. The molecule has 11 nitrogen and oxygen atoms in total. The van der Waals surface area contributed by atoms with E-state index in [4.69, 9.17) is 9.47 Å². The van der Waals surface area contributed by atoms with E-state index in [0.29, 0.717) is 5.56 Å². The SMILES string of the molecule is CC(=O)OCC(=O)OCCOC(=O)COC(=O)COC(=O)C(C)c1ccc2cc(O)ccc2c1. The zero-order valence-corrected chi connectivity index (χ0v) is 18.6. The summed E-state index contributed by atoms with van der Waals surface area (Å²) in [4.78, 5) is 57.3. The van der Waals surface area contributed by atoms with Crippen LogP contribution in [0.15, 0.2) is 36.4 Å². The lowest BCUT2D eigenvalue weighted by molar-refractivity contribution is -0.167. The molecule has 11 heteroatoms. The fourth-order valence-corrected chi connectivity index (χ4v) is 2.65. The molecular formula is C23H24O11. The normalized spacial score (nSPS) is 11.2. The summed E-state index contributed by atoms with van der Waals surface area (Å²) in [6.45, 7) is 0.230. The Hall–Kier alpha value is -4.15. The highest BCUT2D eigenvalue weighted by molar-refractivity contribution is 5.87. The zero-order chi connectivity index (χ0) is 25.1. The van der Waals surface area contributed by atoms with Crippen molar-refractivity contribution in [3.8, 4) is 5.75 Å². The molecule has 1 N–H and O–H groups in total. The number of benzene rings is 2. The van der Waals surface area contributed by atoms with Crippen molar-refractivity contribution in [2.24, 2.45) is 0 Å². The van der Waals surface area contributed by atoms with E-state index < -0.39 is 55.6 Å². The van der Waals surface area contributed by atoms with Crippen LogP contribution in [0.5, 0.6) is 5.75 Å². The van der Waals surface area contributed by atoms with E-state index in [0.717, 1.165) is 17.7 Å². The predicted molar refractivity (Wildman–Crippen MR) is 114 cm³/mol. The molecule has 2 aromatic rings. The lowest BCUT2D eigenvalue weighted by atomic mass is 9.98. The van der Waals surface area contributed by atoms with Crippen LogP contribution in [-0.2, 0) is 47.7 Å². The van der Waals surface area contributed by atoms with Crippen molar-refractivity contribution in [3.63, 3.8) is 0 Å². The first-order valence-electron chi connectivity index (χ1n) is 10.1. The van der Waals surface area contributed by atoms with Gasteiger partial charge < -0.3 is 28.8 Å². The van der Waals surface area contributed by atoms with Gasteiger partial charge in [0.1, 0.15) is 19.0 Å². The first-order valence-corrected chi connectivity index (χ1v) is 10.1. The van der Waals surface area contributed by atoms with Crippen LogP contribution < -0.4 is 0 Å². The van der Waals surface area contributed by atoms with Crippen molar-refractivity contribution >= 4 is 40.6 Å². The first-order chi connectivity index (χ1) is 16.2. The van der Waals surface area contributed by atoms with E-state index >= 15 is 0 Å². The summed E-state index contributed by atoms with van der Waals surface area (Å²) in [5.74, 6) is -4.48. The number of phenols is 1. The molecular weight excluding hydrogens is 452 g/mol. The van der Waals surface area contributed by atoms with Crippen LogP contribution in [0.25, 0.3) is 10.8 Å². The van der Waals surface area contributed by atoms with Gasteiger partial charge in [-0.1, -0.05) is 24.3 Å². The van der Waals surface area contributed by atoms with Gasteiger partial charge >= 0.3 is 29.8 Å². The van der Waals surface area contributed by atoms with E-state index in [1.165, 1.54) is 6.07 Å². The summed E-state index contributed by atoms with van der Waals surface area (Å²) in [5.41, 5.74) is 0.661. The molecule has 0 aromatic heterocycles. The highest BCUT2D eigenvalue weighted by Gasteiger charge is 2.19. The number of fused-ring (bicyclic) bond motifs is 1. The largest absolute Gasteiger partial charge is 0.508 e. The minimum atomic E-state index is -0.945. The number of ether oxygens (including phenoxy) is 5. The maximum Gasteiger partial charge on any atom is 0.344 e. The molecule has 0 amide bonds. The summed E-state index contributed by atoms with van der Waals surface area (Å²) in [5, 5.41) is 11.2. The van der Waals surface area contributed by atoms with Crippen molar-refractivity contribution in [2.75, 3.05) is 33.0 Å². The van der Waals surface area contributed by atoms with Crippen molar-refractivity contribution in [2.45, 2.75) is 19.8 Å². The van der Waals surface area contributed by atoms with Crippen LogP contribution in [0.2, 0.25) is 0 Å². The van der Waals surface area contributed by atoms with Gasteiger partial charge in [-0.15, -0.1) is 0 Å². The molecule has 0 fully saturated rings. The first kappa shape index (κ1) is 26.1. The van der Waals surface area contributed by atoms with Crippen LogP contribution in [0.4, 0.5) is 0 Å². The van der Waals surface area contributed by atoms with Gasteiger partial charge in [-0.05, 0) is 35.4 Å². The molecule has 0 heterocycles. The molecule has 0 aliphatic carbocycles. The lowest BCUT2D eigenvalue weighted by Crippen LogP contribution is -2.24. The average Bonchev–Trinajstić information content (AvgIpc) is 2.81. The topological polar surface area (TPSA) is 152 Å². The van der Waals surface area contributed by atoms with Gasteiger partial charge in [-0.25, -0.2) is 14.4 Å². The van der Waals surface area contributed by atoms with Gasteiger partial charge in [0, 0.05) is 6.92 Å². The molecule has 0 spiro atoms. The second-order valence-electron chi connectivity index (χ2n) is 7.00. The predicted octanol–water partition coefficient (Wildman–Crippen LogP) is 1.38. The molecule has 0 aliphatic heterocycles. The maximum absolute atomic E-state index is 12.3. The Labute approximate surface area is 194 Å². The van der Waals surface area contributed by atoms with Gasteiger partial charge in [-0.3, -0.25) is 9.59 Å². The summed E-state index contributed by atoms with van der Waals surface area (Å²) >= 11 is 0. The van der Waals surface area contributed by atoms with Crippen LogP contribution >= 0.6 is 0 Å². The van der Waals surface area contributed by atoms with Gasteiger partial charge in [0.2, 0.25) is 0 Å². The number of rotatable bonds is 11. The Morgan fingerprint density at radius 2 is 1.26 bits per heavy atom. The van der Waals surface area contributed by atoms with E-state index in [-0.39, 0.29) is 19.0 Å². The van der Waals surface area contributed by atoms with Crippen LogP contribution in [0.1, 0.15) is 25.3 Å². The van der Waals surface area contributed by atoms with Gasteiger partial charge in [0.15, 0.2) is 19.8 Å². The average molecular weight is 476 g/mol. The molecule has 0 aliphatic rings. The molecule has 1 unspecified atom stereocenters. The smallest absolute Gasteiger partial charge is 0.344 e. The summed E-state index contributed by atoms with van der Waals surface area (Å²) in [6.07, 6.45) is 0. The third-order valence-corrected chi connectivity index (χ3v) is 4.39. The molecule has 2 rings (SSSR count). The standard InChI is InChI=1S/C23H24O11/c1-14(16-3-4-18-10-19(25)6-5-17(18)9-16)23(29)34-13-22(28)33-12-21(27)31-8-7-30-20(26)11-32-15(2)24/h3-6,9-10,14,25H,7-8,11-13H2,1-2H3. The third-order valence-electron chi connectivity index (χ3n) is 4.39. The maximum atomic E-state index is 12.3. The molecule has 0 saturated carbocycles. The van der Waals surface area contributed by atoms with Crippen molar-refractivity contribution < 1.29 is 52.8 Å². The second kappa shape index (κ2) is 12.8. The van der Waals surface area contributed by atoms with Crippen LogP contribution in [0.3, 0.4) is 0 Å². The van der Waals surface area contributed by atoms with Crippen molar-refractivity contribution in [1.82, 2.24) is 0 Å². The molecule has 2 aromatic carbocycles. The van der Waals surface area contributed by atoms with Gasteiger partial charge in [-0.2, -0.15) is 0 Å². The Bertz CT molecular complexity index is 1060. The highest BCUT2D eigenvalue weighted by atomic mass is 16.6. The molecule has 182 valence electrons. The molecule has 34 heavy (non-hydrogen) atoms. The fraction of sp³-hybridized carbons (Fsp3) is 0.348. The minimum absolute atomic E-state index is 0.134. The number of phenolic OH excluding ortho intramolecular Hbond substituents is 1. The number of carbonyl (C=O) groups is 5. The van der Waals surface area contributed by atoms with Crippen molar-refractivity contribution in [3.05, 3.63) is 42.0 Å². The molecule has 0 radical (unpaired) electrons. The second-order valence-corrected chi connectivity index (χ2v) is 7.00. The Morgan fingerprint density at radius 1 is 0.735 bits per heavy atom. The Balaban J connectivity index is 1.66. The van der Waals surface area contributed by atoms with E-state index in [2.05, 4.69) is 14.2 Å². The molecule has 1 atom stereocenters. The number of hydrogen-bond donors (Lipinski definition) is 1. The van der Waals surface area contributed by atoms with E-state index in [1.54, 1.807) is 37.3 Å². The van der Waals surface area contributed by atoms with E-state index in [9.17, 15) is 29.1 Å². The Morgan fingerprint density at radius 3 is 1.91 bits per heavy atom. The monoisotopic (exact) mass is 476 g/mol. The van der Waals surface area contributed by atoms with Crippen molar-refractivity contribution in [1.29, 1.82) is 0 Å². The Kier molecular flexibility index (Phi) is 9.81. The number of hydrogen-bond acceptors (Lipinski definition) is 11. The third kappa shape index (κ3) is 8.77. The molecule has 0 bridgehead atoms. The zero-order valence-electron chi connectivity index (χ0n) is 18.6. The number of esters is 5. The summed E-state index contributed by atoms with van der Waals surface area (Å²) < 4.78 is 23.4. The van der Waals surface area contributed by atoms with Gasteiger partial charge in [0.25, 0.3) is 0 Å². The fourth-order valence-electron chi connectivity index (χ4n) is 2.65. The van der Waals surface area contributed by atoms with Gasteiger partial charge in [0.05, 0.1) is 5.92 Å². The highest BCUT2D eigenvalue weighted by Crippen LogP contribution is 2.25.